The zero-order valence-corrected chi connectivity index (χ0v) is 13.1. The number of hydrogen-bond acceptors (Lipinski definition) is 2. The number of carbonyl (C=O) groups excluding carboxylic acids is 1. The first-order valence-corrected chi connectivity index (χ1v) is 7.94. The lowest BCUT2D eigenvalue weighted by molar-refractivity contribution is -0.118. The van der Waals surface area contributed by atoms with E-state index in [1.165, 1.54) is 0 Å². The summed E-state index contributed by atoms with van der Waals surface area (Å²) in [6.07, 6.45) is 3.82. The van der Waals surface area contributed by atoms with Gasteiger partial charge < -0.3 is 9.64 Å². The molecule has 0 bridgehead atoms. The molecular weight excluding hydrogens is 298 g/mol. The third-order valence-electron chi connectivity index (χ3n) is 3.77. The molecule has 2 aromatic carbocycles. The summed E-state index contributed by atoms with van der Waals surface area (Å²) in [6.45, 7) is 0.802. The van der Waals surface area contributed by atoms with Crippen LogP contribution < -0.4 is 9.64 Å². The van der Waals surface area contributed by atoms with E-state index in [2.05, 4.69) is 0 Å². The summed E-state index contributed by atoms with van der Waals surface area (Å²) in [5, 5.41) is 0.683. The van der Waals surface area contributed by atoms with Gasteiger partial charge in [0.1, 0.15) is 11.5 Å². The highest BCUT2D eigenvalue weighted by atomic mass is 35.5. The SMILES string of the molecule is O=C1CCCCCN1c1ccc(Oc2ccc(Cl)cc2)cc1. The molecule has 0 N–H and O–H groups in total. The molecule has 1 aliphatic heterocycles. The third kappa shape index (κ3) is 3.60. The van der Waals surface area contributed by atoms with E-state index >= 15 is 0 Å². The third-order valence-corrected chi connectivity index (χ3v) is 4.02. The van der Waals surface area contributed by atoms with Crippen molar-refractivity contribution in [2.75, 3.05) is 11.4 Å². The molecule has 3 rings (SSSR count). The average molecular weight is 316 g/mol. The van der Waals surface area contributed by atoms with Crippen LogP contribution in [-0.4, -0.2) is 12.5 Å². The van der Waals surface area contributed by atoms with Gasteiger partial charge in [0.25, 0.3) is 0 Å². The van der Waals surface area contributed by atoms with Crippen LogP contribution in [0, 0.1) is 0 Å². The standard InChI is InChI=1S/C18H18ClNO2/c19-14-5-9-16(10-6-14)22-17-11-7-15(8-12-17)20-13-3-1-2-4-18(20)21/h5-12H,1-4,13H2. The van der Waals surface area contributed by atoms with Gasteiger partial charge in [-0.05, 0) is 61.4 Å². The summed E-state index contributed by atoms with van der Waals surface area (Å²) >= 11 is 5.86. The Morgan fingerprint density at radius 3 is 2.18 bits per heavy atom. The fraction of sp³-hybridized carbons (Fsp3) is 0.278. The van der Waals surface area contributed by atoms with Gasteiger partial charge in [-0.15, -0.1) is 0 Å². The minimum absolute atomic E-state index is 0.212. The van der Waals surface area contributed by atoms with E-state index in [-0.39, 0.29) is 5.91 Å². The number of halogens is 1. The number of carbonyl (C=O) groups is 1. The van der Waals surface area contributed by atoms with Crippen LogP contribution in [0.1, 0.15) is 25.7 Å². The van der Waals surface area contributed by atoms with Crippen molar-refractivity contribution in [3.8, 4) is 11.5 Å². The highest BCUT2D eigenvalue weighted by molar-refractivity contribution is 6.30. The summed E-state index contributed by atoms with van der Waals surface area (Å²) in [5.74, 6) is 1.69. The van der Waals surface area contributed by atoms with Gasteiger partial charge in [0.2, 0.25) is 5.91 Å². The Bertz CT molecular complexity index is 637. The maximum atomic E-state index is 12.1. The summed E-state index contributed by atoms with van der Waals surface area (Å²) < 4.78 is 5.77. The number of anilines is 1. The minimum atomic E-state index is 0.212. The predicted molar refractivity (Wildman–Crippen MR) is 88.8 cm³/mol. The van der Waals surface area contributed by atoms with E-state index in [1.807, 2.05) is 41.3 Å². The zero-order chi connectivity index (χ0) is 15.4. The van der Waals surface area contributed by atoms with Crippen molar-refractivity contribution in [2.45, 2.75) is 25.7 Å². The second kappa shape index (κ2) is 6.84. The molecule has 1 amide bonds. The van der Waals surface area contributed by atoms with Crippen molar-refractivity contribution in [1.82, 2.24) is 0 Å². The van der Waals surface area contributed by atoms with E-state index in [0.717, 1.165) is 43.0 Å². The summed E-state index contributed by atoms with van der Waals surface area (Å²) in [7, 11) is 0. The lowest BCUT2D eigenvalue weighted by Crippen LogP contribution is -2.29. The summed E-state index contributed by atoms with van der Waals surface area (Å²) in [4.78, 5) is 14.0. The molecule has 0 unspecified atom stereocenters. The predicted octanol–water partition coefficient (Wildman–Crippen LogP) is 5.04. The van der Waals surface area contributed by atoms with Crippen LogP contribution in [0.4, 0.5) is 5.69 Å². The van der Waals surface area contributed by atoms with Crippen LogP contribution in [-0.2, 0) is 4.79 Å². The van der Waals surface area contributed by atoms with Crippen LogP contribution in [0.5, 0.6) is 11.5 Å². The van der Waals surface area contributed by atoms with E-state index in [1.54, 1.807) is 12.1 Å². The maximum Gasteiger partial charge on any atom is 0.226 e. The number of rotatable bonds is 3. The Morgan fingerprint density at radius 1 is 0.864 bits per heavy atom. The van der Waals surface area contributed by atoms with Gasteiger partial charge in [0, 0.05) is 23.7 Å². The van der Waals surface area contributed by atoms with Gasteiger partial charge in [0.15, 0.2) is 0 Å². The quantitative estimate of drug-likeness (QED) is 0.794. The summed E-state index contributed by atoms with van der Waals surface area (Å²) in [6, 6.07) is 14.9. The maximum absolute atomic E-state index is 12.1. The Balaban J connectivity index is 1.71. The molecule has 0 atom stereocenters. The second-order valence-corrected chi connectivity index (χ2v) is 5.84. The number of benzene rings is 2. The van der Waals surface area contributed by atoms with Crippen molar-refractivity contribution in [3.63, 3.8) is 0 Å². The van der Waals surface area contributed by atoms with E-state index in [4.69, 9.17) is 16.3 Å². The Labute approximate surface area is 135 Å². The molecule has 1 aliphatic rings. The smallest absolute Gasteiger partial charge is 0.226 e. The van der Waals surface area contributed by atoms with E-state index < -0.39 is 0 Å². The van der Waals surface area contributed by atoms with Crippen LogP contribution in [0.3, 0.4) is 0 Å². The van der Waals surface area contributed by atoms with Crippen molar-refractivity contribution in [3.05, 3.63) is 53.6 Å². The molecule has 3 nitrogen and oxygen atoms in total. The first kappa shape index (κ1) is 14.9. The van der Waals surface area contributed by atoms with Crippen molar-refractivity contribution >= 4 is 23.2 Å². The Morgan fingerprint density at radius 2 is 1.50 bits per heavy atom. The molecule has 0 aliphatic carbocycles. The molecule has 0 saturated carbocycles. The van der Waals surface area contributed by atoms with Gasteiger partial charge in [-0.25, -0.2) is 0 Å². The average Bonchev–Trinajstić information content (AvgIpc) is 2.75. The fourth-order valence-electron chi connectivity index (χ4n) is 2.59. The Kier molecular flexibility index (Phi) is 4.64. The van der Waals surface area contributed by atoms with Gasteiger partial charge in [-0.3, -0.25) is 4.79 Å². The second-order valence-electron chi connectivity index (χ2n) is 5.41. The first-order valence-electron chi connectivity index (χ1n) is 7.56. The molecule has 0 spiro atoms. The largest absolute Gasteiger partial charge is 0.457 e. The number of ether oxygens (including phenoxy) is 1. The van der Waals surface area contributed by atoms with Crippen molar-refractivity contribution < 1.29 is 9.53 Å². The van der Waals surface area contributed by atoms with Gasteiger partial charge >= 0.3 is 0 Å². The van der Waals surface area contributed by atoms with Crippen molar-refractivity contribution in [1.29, 1.82) is 0 Å². The lowest BCUT2D eigenvalue weighted by Gasteiger charge is -2.20. The Hall–Kier alpha value is -2.00. The van der Waals surface area contributed by atoms with Crippen LogP contribution in [0.2, 0.25) is 5.02 Å². The lowest BCUT2D eigenvalue weighted by atomic mass is 10.2. The molecule has 2 aromatic rings. The molecule has 1 fully saturated rings. The zero-order valence-electron chi connectivity index (χ0n) is 12.3. The van der Waals surface area contributed by atoms with Gasteiger partial charge in [-0.2, -0.15) is 0 Å². The topological polar surface area (TPSA) is 29.5 Å². The molecule has 0 aromatic heterocycles. The monoisotopic (exact) mass is 315 g/mol. The minimum Gasteiger partial charge on any atom is -0.457 e. The molecule has 1 saturated heterocycles. The van der Waals surface area contributed by atoms with Crippen LogP contribution >= 0.6 is 11.6 Å². The fourth-order valence-corrected chi connectivity index (χ4v) is 2.71. The highest BCUT2D eigenvalue weighted by Crippen LogP contribution is 2.27. The number of hydrogen-bond donors (Lipinski definition) is 0. The highest BCUT2D eigenvalue weighted by Gasteiger charge is 2.18. The first-order chi connectivity index (χ1) is 10.7. The molecule has 0 radical (unpaired) electrons. The number of amides is 1. The van der Waals surface area contributed by atoms with E-state index in [9.17, 15) is 4.79 Å². The summed E-state index contributed by atoms with van der Waals surface area (Å²) in [5.41, 5.74) is 0.940. The molecule has 114 valence electrons. The normalized spacial score (nSPS) is 15.5. The van der Waals surface area contributed by atoms with Crippen LogP contribution in [0.25, 0.3) is 0 Å². The molecular formula is C18H18ClNO2. The molecule has 1 heterocycles. The van der Waals surface area contributed by atoms with Crippen molar-refractivity contribution in [2.24, 2.45) is 0 Å². The van der Waals surface area contributed by atoms with Gasteiger partial charge in [-0.1, -0.05) is 18.0 Å². The molecule has 4 heteroatoms. The molecule has 22 heavy (non-hydrogen) atoms. The number of nitrogens with zero attached hydrogens (tertiary/aromatic N) is 1. The van der Waals surface area contributed by atoms with Crippen LogP contribution in [0.15, 0.2) is 48.5 Å². The van der Waals surface area contributed by atoms with Gasteiger partial charge in [0.05, 0.1) is 0 Å². The van der Waals surface area contributed by atoms with E-state index in [0.29, 0.717) is 11.4 Å².